The molecule has 1 amide bonds. The van der Waals surface area contributed by atoms with Crippen LogP contribution in [0.1, 0.15) is 23.3 Å². The van der Waals surface area contributed by atoms with Crippen LogP contribution in [0.3, 0.4) is 0 Å². The molecule has 0 atom stereocenters. The Balaban J connectivity index is 1.70. The van der Waals surface area contributed by atoms with Crippen LogP contribution in [0, 0.1) is 5.92 Å². The van der Waals surface area contributed by atoms with Gasteiger partial charge in [-0.1, -0.05) is 11.6 Å². The number of likely N-dealkylation sites (tertiary alicyclic amines) is 1. The zero-order valence-corrected chi connectivity index (χ0v) is 13.7. The number of thiophene rings is 1. The van der Waals surface area contributed by atoms with Gasteiger partial charge in [-0.2, -0.15) is 0 Å². The van der Waals surface area contributed by atoms with Crippen LogP contribution in [-0.4, -0.2) is 40.6 Å². The largest absolute Gasteiger partial charge is 0.396 e. The second kappa shape index (κ2) is 6.44. The SMILES string of the molecule is O=C(c1csc(-c2ccc(Cl)s2)n1)N1CCC(CO)CC1. The number of amides is 1. The highest BCUT2D eigenvalue weighted by atomic mass is 35.5. The third kappa shape index (κ3) is 3.29. The lowest BCUT2D eigenvalue weighted by atomic mass is 9.98. The molecule has 2 aromatic rings. The van der Waals surface area contributed by atoms with Crippen LogP contribution >= 0.6 is 34.3 Å². The fourth-order valence-electron chi connectivity index (χ4n) is 2.39. The molecule has 1 aliphatic rings. The summed E-state index contributed by atoms with van der Waals surface area (Å²) in [7, 11) is 0. The van der Waals surface area contributed by atoms with Crippen LogP contribution in [0.25, 0.3) is 9.88 Å². The van der Waals surface area contributed by atoms with Gasteiger partial charge in [-0.25, -0.2) is 4.98 Å². The fraction of sp³-hybridized carbons (Fsp3) is 0.429. The van der Waals surface area contributed by atoms with Crippen molar-refractivity contribution >= 4 is 40.2 Å². The highest BCUT2D eigenvalue weighted by molar-refractivity contribution is 7.23. The van der Waals surface area contributed by atoms with Crippen molar-refractivity contribution in [1.29, 1.82) is 0 Å². The Hall–Kier alpha value is -0.950. The number of hydrogen-bond donors (Lipinski definition) is 1. The number of carbonyl (C=O) groups excluding carboxylic acids is 1. The number of thiazole rings is 1. The predicted molar refractivity (Wildman–Crippen MR) is 86.2 cm³/mol. The van der Waals surface area contributed by atoms with Gasteiger partial charge in [-0.05, 0) is 30.9 Å². The summed E-state index contributed by atoms with van der Waals surface area (Å²) in [4.78, 5) is 19.7. The summed E-state index contributed by atoms with van der Waals surface area (Å²) in [5.41, 5.74) is 0.502. The maximum Gasteiger partial charge on any atom is 0.273 e. The Bertz CT molecular complexity index is 632. The van der Waals surface area contributed by atoms with Crippen LogP contribution in [0.2, 0.25) is 4.34 Å². The van der Waals surface area contributed by atoms with Gasteiger partial charge in [0.2, 0.25) is 0 Å². The standard InChI is InChI=1S/C14H15ClN2O2S2/c15-12-2-1-11(21-12)13-16-10(8-20-13)14(19)17-5-3-9(7-18)4-6-17/h1-2,8-9,18H,3-7H2. The first kappa shape index (κ1) is 15.0. The van der Waals surface area contributed by atoms with Gasteiger partial charge in [-0.3, -0.25) is 4.79 Å². The molecule has 0 bridgehead atoms. The summed E-state index contributed by atoms with van der Waals surface area (Å²) < 4.78 is 0.721. The molecule has 1 saturated heterocycles. The van der Waals surface area contributed by atoms with Crippen LogP contribution in [0.4, 0.5) is 0 Å². The maximum absolute atomic E-state index is 12.4. The summed E-state index contributed by atoms with van der Waals surface area (Å²) in [5.74, 6) is 0.310. The van der Waals surface area contributed by atoms with Gasteiger partial charge in [-0.15, -0.1) is 22.7 Å². The summed E-state index contributed by atoms with van der Waals surface area (Å²) in [6, 6.07) is 3.76. The molecule has 1 aliphatic heterocycles. The Labute approximate surface area is 136 Å². The first-order chi connectivity index (χ1) is 10.2. The molecular weight excluding hydrogens is 328 g/mol. The second-order valence-electron chi connectivity index (χ2n) is 5.06. The van der Waals surface area contributed by atoms with Crippen molar-refractivity contribution in [3.63, 3.8) is 0 Å². The highest BCUT2D eigenvalue weighted by Crippen LogP contribution is 2.33. The van der Waals surface area contributed by atoms with E-state index in [2.05, 4.69) is 4.98 Å². The van der Waals surface area contributed by atoms with Crippen molar-refractivity contribution < 1.29 is 9.90 Å². The van der Waals surface area contributed by atoms with E-state index in [0.29, 0.717) is 24.7 Å². The summed E-state index contributed by atoms with van der Waals surface area (Å²) in [5, 5.41) is 11.8. The van der Waals surface area contributed by atoms with Crippen molar-refractivity contribution in [3.8, 4) is 9.88 Å². The van der Waals surface area contributed by atoms with Crippen LogP contribution < -0.4 is 0 Å². The van der Waals surface area contributed by atoms with E-state index in [1.807, 2.05) is 22.4 Å². The van der Waals surface area contributed by atoms with E-state index in [1.165, 1.54) is 22.7 Å². The number of rotatable bonds is 3. The molecule has 0 radical (unpaired) electrons. The normalized spacial score (nSPS) is 16.4. The van der Waals surface area contributed by atoms with Gasteiger partial charge >= 0.3 is 0 Å². The summed E-state index contributed by atoms with van der Waals surface area (Å²) in [6.07, 6.45) is 1.72. The quantitative estimate of drug-likeness (QED) is 0.930. The molecule has 0 saturated carbocycles. The molecule has 21 heavy (non-hydrogen) atoms. The minimum atomic E-state index is -0.0171. The molecule has 3 rings (SSSR count). The lowest BCUT2D eigenvalue weighted by Gasteiger charge is -2.30. The predicted octanol–water partition coefficient (Wildman–Crippen LogP) is 3.37. The van der Waals surface area contributed by atoms with E-state index in [9.17, 15) is 4.79 Å². The molecule has 0 aromatic carbocycles. The Kier molecular flexibility index (Phi) is 4.59. The highest BCUT2D eigenvalue weighted by Gasteiger charge is 2.24. The monoisotopic (exact) mass is 342 g/mol. The van der Waals surface area contributed by atoms with E-state index < -0.39 is 0 Å². The van der Waals surface area contributed by atoms with Crippen molar-refractivity contribution in [2.45, 2.75) is 12.8 Å². The Morgan fingerprint density at radius 3 is 2.81 bits per heavy atom. The average Bonchev–Trinajstić information content (AvgIpc) is 3.15. The zero-order valence-electron chi connectivity index (χ0n) is 11.3. The molecule has 7 heteroatoms. The van der Waals surface area contributed by atoms with Gasteiger partial charge in [0.15, 0.2) is 0 Å². The van der Waals surface area contributed by atoms with Gasteiger partial charge in [0.1, 0.15) is 10.7 Å². The topological polar surface area (TPSA) is 53.4 Å². The summed E-state index contributed by atoms with van der Waals surface area (Å²) in [6.45, 7) is 1.60. The van der Waals surface area contributed by atoms with Crippen molar-refractivity contribution in [2.24, 2.45) is 5.92 Å². The number of aromatic nitrogens is 1. The second-order valence-corrected chi connectivity index (χ2v) is 7.63. The number of hydrogen-bond acceptors (Lipinski definition) is 5. The molecule has 1 N–H and O–H groups in total. The lowest BCUT2D eigenvalue weighted by Crippen LogP contribution is -2.39. The minimum Gasteiger partial charge on any atom is -0.396 e. The van der Waals surface area contributed by atoms with Gasteiger partial charge in [0.05, 0.1) is 9.21 Å². The van der Waals surface area contributed by atoms with E-state index in [0.717, 1.165) is 27.1 Å². The number of aliphatic hydroxyl groups is 1. The lowest BCUT2D eigenvalue weighted by molar-refractivity contribution is 0.0646. The van der Waals surface area contributed by atoms with Gasteiger partial charge < -0.3 is 10.0 Å². The van der Waals surface area contributed by atoms with Crippen molar-refractivity contribution in [2.75, 3.05) is 19.7 Å². The third-order valence-electron chi connectivity index (χ3n) is 3.67. The first-order valence-electron chi connectivity index (χ1n) is 6.78. The minimum absolute atomic E-state index is 0.0171. The third-order valence-corrected chi connectivity index (χ3v) is 5.91. The number of aliphatic hydroxyl groups excluding tert-OH is 1. The van der Waals surface area contributed by atoms with E-state index in [-0.39, 0.29) is 12.5 Å². The van der Waals surface area contributed by atoms with E-state index in [4.69, 9.17) is 16.7 Å². The van der Waals surface area contributed by atoms with Gasteiger partial charge in [0, 0.05) is 25.1 Å². The number of piperidine rings is 1. The number of halogens is 1. The number of carbonyl (C=O) groups is 1. The van der Waals surface area contributed by atoms with E-state index in [1.54, 1.807) is 0 Å². The van der Waals surface area contributed by atoms with Gasteiger partial charge in [0.25, 0.3) is 5.91 Å². The molecule has 4 nitrogen and oxygen atoms in total. The molecule has 2 aromatic heterocycles. The van der Waals surface area contributed by atoms with Crippen LogP contribution in [-0.2, 0) is 0 Å². The average molecular weight is 343 g/mol. The van der Waals surface area contributed by atoms with Crippen LogP contribution in [0.5, 0.6) is 0 Å². The zero-order chi connectivity index (χ0) is 14.8. The molecule has 0 aliphatic carbocycles. The molecule has 0 spiro atoms. The summed E-state index contributed by atoms with van der Waals surface area (Å²) >= 11 is 8.86. The maximum atomic E-state index is 12.4. The van der Waals surface area contributed by atoms with E-state index >= 15 is 0 Å². The Morgan fingerprint density at radius 1 is 1.43 bits per heavy atom. The fourth-order valence-corrected chi connectivity index (χ4v) is 4.30. The molecule has 3 heterocycles. The molecule has 112 valence electrons. The van der Waals surface area contributed by atoms with Crippen molar-refractivity contribution in [1.82, 2.24) is 9.88 Å². The van der Waals surface area contributed by atoms with Crippen molar-refractivity contribution in [3.05, 3.63) is 27.5 Å². The first-order valence-corrected chi connectivity index (χ1v) is 8.86. The molecule has 1 fully saturated rings. The Morgan fingerprint density at radius 2 is 2.19 bits per heavy atom. The number of nitrogens with zero attached hydrogens (tertiary/aromatic N) is 2. The molecular formula is C14H15ClN2O2S2. The van der Waals surface area contributed by atoms with Crippen LogP contribution in [0.15, 0.2) is 17.5 Å². The molecule has 0 unspecified atom stereocenters. The smallest absolute Gasteiger partial charge is 0.273 e.